The molecule has 0 unspecified atom stereocenters. The van der Waals surface area contributed by atoms with E-state index in [-0.39, 0.29) is 24.0 Å². The molecule has 1 aromatic heterocycles. The van der Waals surface area contributed by atoms with Gasteiger partial charge in [-0.05, 0) is 38.8 Å². The minimum atomic E-state index is 0. The number of halogens is 1. The van der Waals surface area contributed by atoms with Crippen molar-refractivity contribution >= 4 is 35.8 Å². The Balaban J connectivity index is 0.00000320. The molecule has 1 fully saturated rings. The predicted octanol–water partition coefficient (Wildman–Crippen LogP) is 3.45. The summed E-state index contributed by atoms with van der Waals surface area (Å²) in [6.07, 6.45) is 2.82. The molecule has 0 spiro atoms. The first-order valence-electron chi connectivity index (χ1n) is 10.5. The van der Waals surface area contributed by atoms with Crippen molar-refractivity contribution < 1.29 is 4.74 Å². The summed E-state index contributed by atoms with van der Waals surface area (Å²) < 4.78 is 5.47. The Morgan fingerprint density at radius 2 is 1.87 bits per heavy atom. The number of hydrogen-bond donors (Lipinski definition) is 2. The largest absolute Gasteiger partial charge is 0.378 e. The second-order valence-corrected chi connectivity index (χ2v) is 7.45. The van der Waals surface area contributed by atoms with Crippen molar-refractivity contribution in [1.82, 2.24) is 15.6 Å². The Bertz CT molecular complexity index is 801. The molecule has 2 N–H and O–H groups in total. The van der Waals surface area contributed by atoms with Crippen LogP contribution in [0.5, 0.6) is 0 Å². The number of nitrogens with zero attached hydrogens (tertiary/aromatic N) is 3. The fraction of sp³-hybridized carbons (Fsp3) is 0.478. The smallest absolute Gasteiger partial charge is 0.191 e. The van der Waals surface area contributed by atoms with E-state index in [1.54, 1.807) is 0 Å². The Hall–Kier alpha value is -1.87. The number of benzene rings is 1. The summed E-state index contributed by atoms with van der Waals surface area (Å²) in [5.41, 5.74) is 5.12. The van der Waals surface area contributed by atoms with E-state index in [4.69, 9.17) is 9.73 Å². The third kappa shape index (κ3) is 7.43. The summed E-state index contributed by atoms with van der Waals surface area (Å²) in [4.78, 5) is 11.7. The van der Waals surface area contributed by atoms with Crippen molar-refractivity contribution in [3.05, 3.63) is 58.8 Å². The molecule has 0 radical (unpaired) electrons. The molecule has 1 aliphatic rings. The average Bonchev–Trinajstić information content (AvgIpc) is 2.72. The molecule has 7 heteroatoms. The molecule has 0 aliphatic carbocycles. The number of aryl methyl sites for hydroxylation is 2. The standard InChI is InChI=1S/C23H33N5O.HI/c1-4-24-23(26-9-7-20-15-18(2)14-19(3)16-20)27-17-21-6-5-8-25-22(21)28-10-12-29-13-11-28;/h5-6,8,14-16H,4,7,9-13,17H2,1-3H3,(H2,24,26,27);1H. The van der Waals surface area contributed by atoms with Crippen LogP contribution in [0.1, 0.15) is 29.2 Å². The van der Waals surface area contributed by atoms with Crippen LogP contribution in [0, 0.1) is 13.8 Å². The molecular weight excluding hydrogens is 489 g/mol. The maximum atomic E-state index is 5.47. The third-order valence-corrected chi connectivity index (χ3v) is 4.92. The monoisotopic (exact) mass is 523 g/mol. The Morgan fingerprint density at radius 1 is 1.13 bits per heavy atom. The van der Waals surface area contributed by atoms with Crippen molar-refractivity contribution in [2.45, 2.75) is 33.7 Å². The fourth-order valence-corrected chi connectivity index (χ4v) is 3.66. The lowest BCUT2D eigenvalue weighted by molar-refractivity contribution is 0.122. The molecule has 0 saturated carbocycles. The number of rotatable bonds is 7. The fourth-order valence-electron chi connectivity index (χ4n) is 3.66. The Kier molecular flexibility index (Phi) is 10.4. The van der Waals surface area contributed by atoms with Crippen LogP contribution in [0.2, 0.25) is 0 Å². The molecule has 2 heterocycles. The van der Waals surface area contributed by atoms with Gasteiger partial charge in [-0.1, -0.05) is 35.4 Å². The second-order valence-electron chi connectivity index (χ2n) is 7.45. The summed E-state index contributed by atoms with van der Waals surface area (Å²) in [5.74, 6) is 1.86. The topological polar surface area (TPSA) is 61.8 Å². The quantitative estimate of drug-likeness (QED) is 0.331. The summed E-state index contributed by atoms with van der Waals surface area (Å²) in [6.45, 7) is 11.9. The van der Waals surface area contributed by atoms with Gasteiger partial charge in [0.05, 0.1) is 19.8 Å². The van der Waals surface area contributed by atoms with Crippen molar-refractivity contribution in [3.8, 4) is 0 Å². The van der Waals surface area contributed by atoms with Crippen LogP contribution in [-0.4, -0.2) is 50.3 Å². The van der Waals surface area contributed by atoms with Crippen LogP contribution in [0.25, 0.3) is 0 Å². The summed E-state index contributed by atoms with van der Waals surface area (Å²) in [5, 5.41) is 6.81. The van der Waals surface area contributed by atoms with Gasteiger partial charge in [0, 0.05) is 37.9 Å². The summed E-state index contributed by atoms with van der Waals surface area (Å²) >= 11 is 0. The number of aliphatic imine (C=N–C) groups is 1. The average molecular weight is 523 g/mol. The van der Waals surface area contributed by atoms with E-state index in [1.165, 1.54) is 16.7 Å². The van der Waals surface area contributed by atoms with Gasteiger partial charge in [-0.15, -0.1) is 24.0 Å². The van der Waals surface area contributed by atoms with Crippen molar-refractivity contribution in [1.29, 1.82) is 0 Å². The highest BCUT2D eigenvalue weighted by Gasteiger charge is 2.15. The van der Waals surface area contributed by atoms with E-state index in [9.17, 15) is 0 Å². The molecule has 1 aliphatic heterocycles. The van der Waals surface area contributed by atoms with Gasteiger partial charge in [-0.25, -0.2) is 9.98 Å². The van der Waals surface area contributed by atoms with Crippen molar-refractivity contribution in [3.63, 3.8) is 0 Å². The molecule has 30 heavy (non-hydrogen) atoms. The van der Waals surface area contributed by atoms with Crippen LogP contribution in [-0.2, 0) is 17.7 Å². The zero-order valence-electron chi connectivity index (χ0n) is 18.3. The first-order valence-corrected chi connectivity index (χ1v) is 10.5. The second kappa shape index (κ2) is 12.7. The van der Waals surface area contributed by atoms with Crippen LogP contribution >= 0.6 is 24.0 Å². The Labute approximate surface area is 197 Å². The number of hydrogen-bond acceptors (Lipinski definition) is 4. The molecule has 164 valence electrons. The molecule has 1 saturated heterocycles. The zero-order chi connectivity index (χ0) is 20.5. The van der Waals surface area contributed by atoms with Gasteiger partial charge in [0.25, 0.3) is 0 Å². The third-order valence-electron chi connectivity index (χ3n) is 4.92. The van der Waals surface area contributed by atoms with Crippen LogP contribution in [0.3, 0.4) is 0 Å². The molecule has 2 aromatic rings. The molecule has 0 bridgehead atoms. The van der Waals surface area contributed by atoms with E-state index in [0.717, 1.165) is 63.2 Å². The minimum Gasteiger partial charge on any atom is -0.378 e. The van der Waals surface area contributed by atoms with E-state index >= 15 is 0 Å². The van der Waals surface area contributed by atoms with Gasteiger partial charge in [-0.3, -0.25) is 0 Å². The first kappa shape index (κ1) is 24.4. The number of anilines is 1. The first-order chi connectivity index (χ1) is 14.2. The highest BCUT2D eigenvalue weighted by Crippen LogP contribution is 2.19. The SMILES string of the molecule is CCNC(=NCc1cccnc1N1CCOCC1)NCCc1cc(C)cc(C)c1.I. The van der Waals surface area contributed by atoms with Crippen LogP contribution in [0.15, 0.2) is 41.5 Å². The summed E-state index contributed by atoms with van der Waals surface area (Å²) in [7, 11) is 0. The lowest BCUT2D eigenvalue weighted by atomic mass is 10.1. The maximum absolute atomic E-state index is 5.47. The Morgan fingerprint density at radius 3 is 2.57 bits per heavy atom. The number of pyridine rings is 1. The number of ether oxygens (including phenoxy) is 1. The van der Waals surface area contributed by atoms with Gasteiger partial charge in [0.1, 0.15) is 5.82 Å². The predicted molar refractivity (Wildman–Crippen MR) is 135 cm³/mol. The molecule has 0 atom stereocenters. The zero-order valence-corrected chi connectivity index (χ0v) is 20.6. The van der Waals surface area contributed by atoms with Gasteiger partial charge in [0.15, 0.2) is 5.96 Å². The molecule has 1 aromatic carbocycles. The highest BCUT2D eigenvalue weighted by atomic mass is 127. The van der Waals surface area contributed by atoms with Gasteiger partial charge < -0.3 is 20.3 Å². The number of guanidine groups is 1. The van der Waals surface area contributed by atoms with E-state index < -0.39 is 0 Å². The lowest BCUT2D eigenvalue weighted by Crippen LogP contribution is -2.38. The number of aromatic nitrogens is 1. The number of nitrogens with one attached hydrogen (secondary N) is 2. The maximum Gasteiger partial charge on any atom is 0.191 e. The molecule has 3 rings (SSSR count). The lowest BCUT2D eigenvalue weighted by Gasteiger charge is -2.29. The van der Waals surface area contributed by atoms with Crippen LogP contribution < -0.4 is 15.5 Å². The number of morpholine rings is 1. The normalized spacial score (nSPS) is 14.2. The molecule has 0 amide bonds. The molecule has 6 nitrogen and oxygen atoms in total. The van der Waals surface area contributed by atoms with Crippen molar-refractivity contribution in [2.75, 3.05) is 44.3 Å². The van der Waals surface area contributed by atoms with E-state index in [1.807, 2.05) is 12.3 Å². The van der Waals surface area contributed by atoms with Gasteiger partial charge in [0.2, 0.25) is 0 Å². The van der Waals surface area contributed by atoms with Crippen molar-refractivity contribution in [2.24, 2.45) is 4.99 Å². The van der Waals surface area contributed by atoms with E-state index in [2.05, 4.69) is 65.6 Å². The molecular formula is C23H34IN5O. The minimum absolute atomic E-state index is 0. The summed E-state index contributed by atoms with van der Waals surface area (Å²) in [6, 6.07) is 10.8. The van der Waals surface area contributed by atoms with Gasteiger partial charge in [-0.2, -0.15) is 0 Å². The highest BCUT2D eigenvalue weighted by molar-refractivity contribution is 14.0. The van der Waals surface area contributed by atoms with Crippen LogP contribution in [0.4, 0.5) is 5.82 Å². The van der Waals surface area contributed by atoms with Gasteiger partial charge >= 0.3 is 0 Å². The van der Waals surface area contributed by atoms with E-state index in [0.29, 0.717) is 6.54 Å².